The summed E-state index contributed by atoms with van der Waals surface area (Å²) >= 11 is 7.50. The van der Waals surface area contributed by atoms with E-state index in [-0.39, 0.29) is 5.41 Å². The molecule has 15 heavy (non-hydrogen) atoms. The lowest BCUT2D eigenvalue weighted by Crippen LogP contribution is -2.40. The van der Waals surface area contributed by atoms with Crippen molar-refractivity contribution in [3.05, 3.63) is 16.6 Å². The van der Waals surface area contributed by atoms with Gasteiger partial charge in [-0.1, -0.05) is 20.8 Å². The molecule has 0 aromatic carbocycles. The zero-order valence-electron chi connectivity index (χ0n) is 9.59. The number of halogens is 1. The van der Waals surface area contributed by atoms with Crippen molar-refractivity contribution < 1.29 is 0 Å². The zero-order valence-corrected chi connectivity index (χ0v) is 11.2. The van der Waals surface area contributed by atoms with Crippen molar-refractivity contribution in [2.45, 2.75) is 39.8 Å². The van der Waals surface area contributed by atoms with Gasteiger partial charge in [0.25, 0.3) is 0 Å². The van der Waals surface area contributed by atoms with Crippen LogP contribution in [0.15, 0.2) is 11.7 Å². The van der Waals surface area contributed by atoms with E-state index in [9.17, 15) is 0 Å². The smallest absolute Gasteiger partial charge is 0.0794 e. The number of aromatic nitrogens is 1. The minimum atomic E-state index is 0.250. The van der Waals surface area contributed by atoms with E-state index in [4.69, 9.17) is 11.6 Å². The molecule has 1 aromatic rings. The van der Waals surface area contributed by atoms with Crippen LogP contribution >= 0.6 is 22.9 Å². The normalized spacial score (nSPS) is 14.1. The van der Waals surface area contributed by atoms with Crippen LogP contribution in [0.1, 0.15) is 32.1 Å². The van der Waals surface area contributed by atoms with Gasteiger partial charge in [0, 0.05) is 29.5 Å². The predicted molar refractivity (Wildman–Crippen MR) is 67.5 cm³/mol. The van der Waals surface area contributed by atoms with E-state index in [0.29, 0.717) is 11.9 Å². The Hall–Kier alpha value is -0.120. The van der Waals surface area contributed by atoms with Gasteiger partial charge in [0.1, 0.15) is 0 Å². The van der Waals surface area contributed by atoms with Crippen molar-refractivity contribution in [1.29, 1.82) is 0 Å². The quantitative estimate of drug-likeness (QED) is 0.807. The fourth-order valence-electron chi connectivity index (χ4n) is 1.50. The molecule has 0 aliphatic rings. The standard InChI is InChI=1S/C11H19ClN2S/c1-11(2,3)10(4-5-12)14-7-9-6-13-8-15-9/h6,8,10,14H,4-5,7H2,1-3H3. The number of alkyl halides is 1. The molecule has 4 heteroatoms. The summed E-state index contributed by atoms with van der Waals surface area (Å²) in [6.07, 6.45) is 2.92. The number of nitrogens with one attached hydrogen (secondary N) is 1. The minimum Gasteiger partial charge on any atom is -0.308 e. The maximum absolute atomic E-state index is 5.81. The molecule has 0 saturated carbocycles. The molecular weight excluding hydrogens is 228 g/mol. The third kappa shape index (κ3) is 4.49. The third-order valence-corrected chi connectivity index (χ3v) is 3.45. The molecule has 1 N–H and O–H groups in total. The van der Waals surface area contributed by atoms with Gasteiger partial charge in [-0.2, -0.15) is 0 Å². The summed E-state index contributed by atoms with van der Waals surface area (Å²) in [4.78, 5) is 5.34. The Morgan fingerprint density at radius 2 is 2.27 bits per heavy atom. The lowest BCUT2D eigenvalue weighted by atomic mass is 9.85. The molecule has 0 spiro atoms. The first kappa shape index (κ1) is 12.9. The van der Waals surface area contributed by atoms with Gasteiger partial charge in [0.15, 0.2) is 0 Å². The summed E-state index contributed by atoms with van der Waals surface area (Å²) in [5.74, 6) is 0.706. The van der Waals surface area contributed by atoms with Crippen LogP contribution in [0.4, 0.5) is 0 Å². The Kier molecular flexibility index (Phi) is 5.03. The van der Waals surface area contributed by atoms with Gasteiger partial charge >= 0.3 is 0 Å². The Bertz CT molecular complexity index is 267. The van der Waals surface area contributed by atoms with E-state index < -0.39 is 0 Å². The van der Waals surface area contributed by atoms with E-state index in [1.807, 2.05) is 11.7 Å². The molecule has 1 atom stereocenters. The molecule has 86 valence electrons. The highest BCUT2D eigenvalue weighted by atomic mass is 35.5. The van der Waals surface area contributed by atoms with Gasteiger partial charge in [0.05, 0.1) is 5.51 Å². The lowest BCUT2D eigenvalue weighted by Gasteiger charge is -2.31. The molecule has 0 fully saturated rings. The predicted octanol–water partition coefficient (Wildman–Crippen LogP) is 3.28. The molecule has 1 heterocycles. The second-order valence-corrected chi connectivity index (χ2v) is 6.09. The summed E-state index contributed by atoms with van der Waals surface area (Å²) in [6.45, 7) is 7.61. The molecule has 0 aliphatic carbocycles. The van der Waals surface area contributed by atoms with Crippen LogP contribution in [-0.4, -0.2) is 16.9 Å². The first-order valence-corrected chi connectivity index (χ1v) is 6.62. The van der Waals surface area contributed by atoms with Crippen LogP contribution in [-0.2, 0) is 6.54 Å². The van der Waals surface area contributed by atoms with Gasteiger partial charge in [-0.05, 0) is 11.8 Å². The van der Waals surface area contributed by atoms with E-state index in [1.54, 1.807) is 11.3 Å². The van der Waals surface area contributed by atoms with Crippen molar-refractivity contribution >= 4 is 22.9 Å². The highest BCUT2D eigenvalue weighted by molar-refractivity contribution is 7.09. The number of thiazole rings is 1. The Morgan fingerprint density at radius 3 is 2.73 bits per heavy atom. The molecule has 0 aliphatic heterocycles. The van der Waals surface area contributed by atoms with E-state index in [1.165, 1.54) is 4.88 Å². The topological polar surface area (TPSA) is 24.9 Å². The fraction of sp³-hybridized carbons (Fsp3) is 0.727. The van der Waals surface area contributed by atoms with Crippen LogP contribution in [0.5, 0.6) is 0 Å². The first-order valence-electron chi connectivity index (χ1n) is 5.20. The van der Waals surface area contributed by atoms with Crippen LogP contribution in [0.3, 0.4) is 0 Å². The molecule has 1 rings (SSSR count). The van der Waals surface area contributed by atoms with Crippen molar-refractivity contribution in [3.8, 4) is 0 Å². The number of nitrogens with zero attached hydrogens (tertiary/aromatic N) is 1. The maximum Gasteiger partial charge on any atom is 0.0794 e. The number of hydrogen-bond acceptors (Lipinski definition) is 3. The Balaban J connectivity index is 2.45. The zero-order chi connectivity index (χ0) is 11.3. The second-order valence-electron chi connectivity index (χ2n) is 4.74. The SMILES string of the molecule is CC(C)(C)C(CCCl)NCc1cncs1. The van der Waals surface area contributed by atoms with Crippen molar-refractivity contribution in [1.82, 2.24) is 10.3 Å². The van der Waals surface area contributed by atoms with Crippen LogP contribution in [0.25, 0.3) is 0 Å². The largest absolute Gasteiger partial charge is 0.308 e. The van der Waals surface area contributed by atoms with Gasteiger partial charge in [-0.15, -0.1) is 22.9 Å². The summed E-state index contributed by atoms with van der Waals surface area (Å²) in [5.41, 5.74) is 2.12. The first-order chi connectivity index (χ1) is 7.04. The molecule has 2 nitrogen and oxygen atoms in total. The third-order valence-electron chi connectivity index (χ3n) is 2.45. The van der Waals surface area contributed by atoms with E-state index in [0.717, 1.165) is 13.0 Å². The average Bonchev–Trinajstić information content (AvgIpc) is 2.62. The number of rotatable bonds is 5. The highest BCUT2D eigenvalue weighted by Crippen LogP contribution is 2.22. The summed E-state index contributed by atoms with van der Waals surface area (Å²) in [5, 5.41) is 3.55. The van der Waals surface area contributed by atoms with Crippen molar-refractivity contribution in [2.24, 2.45) is 5.41 Å². The molecular formula is C11H19ClN2S. The van der Waals surface area contributed by atoms with Gasteiger partial charge < -0.3 is 5.32 Å². The second kappa shape index (κ2) is 5.83. The molecule has 0 radical (unpaired) electrons. The Morgan fingerprint density at radius 1 is 1.53 bits per heavy atom. The monoisotopic (exact) mass is 246 g/mol. The van der Waals surface area contributed by atoms with Gasteiger partial charge in [-0.3, -0.25) is 4.98 Å². The lowest BCUT2D eigenvalue weighted by molar-refractivity contribution is 0.261. The summed E-state index contributed by atoms with van der Waals surface area (Å²) < 4.78 is 0. The average molecular weight is 247 g/mol. The highest BCUT2D eigenvalue weighted by Gasteiger charge is 2.23. The maximum atomic E-state index is 5.81. The van der Waals surface area contributed by atoms with Crippen LogP contribution in [0, 0.1) is 5.41 Å². The fourth-order valence-corrected chi connectivity index (χ4v) is 2.27. The van der Waals surface area contributed by atoms with E-state index >= 15 is 0 Å². The number of hydrogen-bond donors (Lipinski definition) is 1. The van der Waals surface area contributed by atoms with Crippen LogP contribution in [0.2, 0.25) is 0 Å². The molecule has 1 unspecified atom stereocenters. The van der Waals surface area contributed by atoms with Gasteiger partial charge in [0.2, 0.25) is 0 Å². The van der Waals surface area contributed by atoms with Crippen molar-refractivity contribution in [2.75, 3.05) is 5.88 Å². The minimum absolute atomic E-state index is 0.250. The molecule has 0 bridgehead atoms. The van der Waals surface area contributed by atoms with Gasteiger partial charge in [-0.25, -0.2) is 0 Å². The summed E-state index contributed by atoms with van der Waals surface area (Å²) in [6, 6.07) is 0.456. The molecule has 0 amide bonds. The van der Waals surface area contributed by atoms with Crippen molar-refractivity contribution in [3.63, 3.8) is 0 Å². The Labute approximate surface area is 101 Å². The molecule has 0 saturated heterocycles. The van der Waals surface area contributed by atoms with E-state index in [2.05, 4.69) is 31.1 Å². The summed E-state index contributed by atoms with van der Waals surface area (Å²) in [7, 11) is 0. The van der Waals surface area contributed by atoms with Crippen LogP contribution < -0.4 is 5.32 Å². The molecule has 1 aromatic heterocycles.